The van der Waals surface area contributed by atoms with Crippen LogP contribution in [0.25, 0.3) is 0 Å². The van der Waals surface area contributed by atoms with Crippen LogP contribution in [0.4, 0.5) is 9.59 Å². The molecule has 0 aliphatic carbocycles. The third kappa shape index (κ3) is 6.83. The molecule has 122 valence electrons. The summed E-state index contributed by atoms with van der Waals surface area (Å²) in [4.78, 5) is 22.5. The average Bonchev–Trinajstić information content (AvgIpc) is 2.46. The standard InChI is InChI=1S/C15H23N3O4/c1-4-21-15(20)17-8-7-16-14(19)18-10-22-13-6-5-11(2)9-12(13)3/h5-6,9H,4,7-8,10H2,1-3H3,(H,17,20)(H2,16,18,19). The quantitative estimate of drug-likeness (QED) is 0.528. The minimum absolute atomic E-state index is 0.0705. The fourth-order valence-electron chi connectivity index (χ4n) is 1.73. The van der Waals surface area contributed by atoms with Gasteiger partial charge in [0.1, 0.15) is 5.75 Å². The van der Waals surface area contributed by atoms with Crippen molar-refractivity contribution in [2.45, 2.75) is 20.8 Å². The topological polar surface area (TPSA) is 88.7 Å². The zero-order chi connectivity index (χ0) is 16.4. The van der Waals surface area contributed by atoms with Crippen LogP contribution >= 0.6 is 0 Å². The number of hydrogen-bond donors (Lipinski definition) is 3. The highest BCUT2D eigenvalue weighted by Gasteiger charge is 2.03. The molecule has 3 amide bonds. The first kappa shape index (κ1) is 17.6. The van der Waals surface area contributed by atoms with Crippen LogP contribution in [-0.4, -0.2) is 38.6 Å². The zero-order valence-electron chi connectivity index (χ0n) is 13.2. The third-order valence-electron chi connectivity index (χ3n) is 2.75. The fraction of sp³-hybridized carbons (Fsp3) is 0.467. The van der Waals surface area contributed by atoms with E-state index in [0.29, 0.717) is 19.7 Å². The SMILES string of the molecule is CCOC(=O)NCCNC(=O)NCOc1ccc(C)cc1C. The molecule has 22 heavy (non-hydrogen) atoms. The van der Waals surface area contributed by atoms with Crippen LogP contribution in [-0.2, 0) is 4.74 Å². The summed E-state index contributed by atoms with van der Waals surface area (Å²) in [5.74, 6) is 0.731. The van der Waals surface area contributed by atoms with E-state index in [2.05, 4.69) is 20.7 Å². The molecule has 0 spiro atoms. The number of carbonyl (C=O) groups is 2. The smallest absolute Gasteiger partial charge is 0.407 e. The second kappa shape index (κ2) is 9.49. The molecule has 0 fully saturated rings. The average molecular weight is 309 g/mol. The Balaban J connectivity index is 2.14. The molecule has 0 heterocycles. The van der Waals surface area contributed by atoms with Gasteiger partial charge in [-0.25, -0.2) is 9.59 Å². The molecule has 0 saturated carbocycles. The lowest BCUT2D eigenvalue weighted by Crippen LogP contribution is -2.41. The van der Waals surface area contributed by atoms with Crippen LogP contribution in [0.3, 0.4) is 0 Å². The van der Waals surface area contributed by atoms with Crippen molar-refractivity contribution in [2.24, 2.45) is 0 Å². The lowest BCUT2D eigenvalue weighted by atomic mass is 10.1. The van der Waals surface area contributed by atoms with Gasteiger partial charge >= 0.3 is 12.1 Å². The summed E-state index contributed by atoms with van der Waals surface area (Å²) in [6.45, 7) is 6.66. The minimum Gasteiger partial charge on any atom is -0.473 e. The summed E-state index contributed by atoms with van der Waals surface area (Å²) in [5, 5.41) is 7.66. The number of ether oxygens (including phenoxy) is 2. The number of benzene rings is 1. The molecular formula is C15H23N3O4. The van der Waals surface area contributed by atoms with Gasteiger partial charge in [0.15, 0.2) is 6.73 Å². The van der Waals surface area contributed by atoms with Crippen molar-refractivity contribution in [1.82, 2.24) is 16.0 Å². The summed E-state index contributed by atoms with van der Waals surface area (Å²) in [6.07, 6.45) is -0.497. The second-order valence-electron chi connectivity index (χ2n) is 4.64. The number of nitrogens with one attached hydrogen (secondary N) is 3. The first-order valence-electron chi connectivity index (χ1n) is 7.15. The molecule has 0 aliphatic rings. The number of alkyl carbamates (subject to hydrolysis) is 1. The zero-order valence-corrected chi connectivity index (χ0v) is 13.2. The van der Waals surface area contributed by atoms with Gasteiger partial charge in [0.25, 0.3) is 0 Å². The van der Waals surface area contributed by atoms with Crippen molar-refractivity contribution in [3.63, 3.8) is 0 Å². The maximum Gasteiger partial charge on any atom is 0.407 e. The summed E-state index contributed by atoms with van der Waals surface area (Å²) in [6, 6.07) is 5.46. The summed E-state index contributed by atoms with van der Waals surface area (Å²) in [7, 11) is 0. The van der Waals surface area contributed by atoms with E-state index in [0.717, 1.165) is 16.9 Å². The lowest BCUT2D eigenvalue weighted by Gasteiger charge is -2.11. The van der Waals surface area contributed by atoms with Gasteiger partial charge < -0.3 is 25.4 Å². The Morgan fingerprint density at radius 2 is 1.82 bits per heavy atom. The fourth-order valence-corrected chi connectivity index (χ4v) is 1.73. The molecule has 1 rings (SSSR count). The van der Waals surface area contributed by atoms with Crippen LogP contribution in [0, 0.1) is 13.8 Å². The summed E-state index contributed by atoms with van der Waals surface area (Å²) in [5.41, 5.74) is 2.17. The maximum atomic E-state index is 11.5. The molecule has 1 aromatic carbocycles. The van der Waals surface area contributed by atoms with Crippen molar-refractivity contribution in [2.75, 3.05) is 26.4 Å². The van der Waals surface area contributed by atoms with Crippen LogP contribution in [0.5, 0.6) is 5.75 Å². The Kier molecular flexibility index (Phi) is 7.60. The van der Waals surface area contributed by atoms with Crippen molar-refractivity contribution in [3.05, 3.63) is 29.3 Å². The largest absolute Gasteiger partial charge is 0.473 e. The van der Waals surface area contributed by atoms with Crippen LogP contribution in [0.1, 0.15) is 18.1 Å². The molecule has 0 bridgehead atoms. The Bertz CT molecular complexity index is 506. The van der Waals surface area contributed by atoms with Crippen molar-refractivity contribution < 1.29 is 19.1 Å². The Hall–Kier alpha value is -2.44. The predicted molar refractivity (Wildman–Crippen MR) is 83.0 cm³/mol. The van der Waals surface area contributed by atoms with E-state index in [4.69, 9.17) is 4.74 Å². The molecule has 0 unspecified atom stereocenters. The van der Waals surface area contributed by atoms with Gasteiger partial charge in [-0.2, -0.15) is 0 Å². The van der Waals surface area contributed by atoms with E-state index < -0.39 is 6.09 Å². The first-order chi connectivity index (χ1) is 10.5. The molecule has 7 heteroatoms. The van der Waals surface area contributed by atoms with Gasteiger partial charge in [-0.1, -0.05) is 17.7 Å². The normalized spacial score (nSPS) is 9.77. The van der Waals surface area contributed by atoms with Crippen molar-refractivity contribution in [1.29, 1.82) is 0 Å². The number of aryl methyl sites for hydroxylation is 2. The van der Waals surface area contributed by atoms with E-state index in [1.54, 1.807) is 6.92 Å². The third-order valence-corrected chi connectivity index (χ3v) is 2.75. The van der Waals surface area contributed by atoms with E-state index in [9.17, 15) is 9.59 Å². The van der Waals surface area contributed by atoms with Crippen molar-refractivity contribution >= 4 is 12.1 Å². The van der Waals surface area contributed by atoms with Gasteiger partial charge in [0, 0.05) is 13.1 Å². The van der Waals surface area contributed by atoms with Crippen molar-refractivity contribution in [3.8, 4) is 5.75 Å². The number of urea groups is 1. The predicted octanol–water partition coefficient (Wildman–Crippen LogP) is 1.69. The number of rotatable bonds is 7. The van der Waals surface area contributed by atoms with Gasteiger partial charge in [-0.3, -0.25) is 0 Å². The van der Waals surface area contributed by atoms with Gasteiger partial charge in [0.2, 0.25) is 0 Å². The molecule has 0 aliphatic heterocycles. The molecule has 7 nitrogen and oxygen atoms in total. The highest BCUT2D eigenvalue weighted by atomic mass is 16.5. The lowest BCUT2D eigenvalue weighted by molar-refractivity contribution is 0.152. The highest BCUT2D eigenvalue weighted by molar-refractivity contribution is 5.73. The maximum absolute atomic E-state index is 11.5. The first-order valence-corrected chi connectivity index (χ1v) is 7.15. The number of carbonyl (C=O) groups excluding carboxylic acids is 2. The number of hydrogen-bond acceptors (Lipinski definition) is 4. The van der Waals surface area contributed by atoms with E-state index in [1.807, 2.05) is 32.0 Å². The molecule has 0 aromatic heterocycles. The number of amides is 3. The Morgan fingerprint density at radius 1 is 1.09 bits per heavy atom. The second-order valence-corrected chi connectivity index (χ2v) is 4.64. The molecule has 1 aromatic rings. The monoisotopic (exact) mass is 309 g/mol. The van der Waals surface area contributed by atoms with Gasteiger partial charge in [-0.05, 0) is 32.4 Å². The van der Waals surface area contributed by atoms with Crippen LogP contribution in [0.15, 0.2) is 18.2 Å². The Morgan fingerprint density at radius 3 is 2.50 bits per heavy atom. The Labute approximate surface area is 130 Å². The van der Waals surface area contributed by atoms with Gasteiger partial charge in [-0.15, -0.1) is 0 Å². The molecule has 0 saturated heterocycles. The van der Waals surface area contributed by atoms with Gasteiger partial charge in [0.05, 0.1) is 6.61 Å². The highest BCUT2D eigenvalue weighted by Crippen LogP contribution is 2.18. The molecule has 0 radical (unpaired) electrons. The van der Waals surface area contributed by atoms with E-state index in [1.165, 1.54) is 0 Å². The summed E-state index contributed by atoms with van der Waals surface area (Å²) >= 11 is 0. The molecular weight excluding hydrogens is 286 g/mol. The van der Waals surface area contributed by atoms with Crippen LogP contribution < -0.4 is 20.7 Å². The van der Waals surface area contributed by atoms with Crippen LogP contribution in [0.2, 0.25) is 0 Å². The molecule has 3 N–H and O–H groups in total. The minimum atomic E-state index is -0.497. The molecule has 0 atom stereocenters. The van der Waals surface area contributed by atoms with E-state index in [-0.39, 0.29) is 12.8 Å². The van der Waals surface area contributed by atoms with E-state index >= 15 is 0 Å². The summed E-state index contributed by atoms with van der Waals surface area (Å²) < 4.78 is 10.2.